The molecule has 9 heteroatoms. The number of halogens is 1. The van der Waals surface area contributed by atoms with E-state index in [0.717, 1.165) is 17.4 Å². The highest BCUT2D eigenvalue weighted by Crippen LogP contribution is 2.29. The number of carbonyl (C=O) groups excluding carboxylic acids is 1. The second kappa shape index (κ2) is 7.48. The molecule has 0 saturated carbocycles. The van der Waals surface area contributed by atoms with Crippen molar-refractivity contribution in [3.8, 4) is 0 Å². The van der Waals surface area contributed by atoms with Crippen molar-refractivity contribution in [2.75, 3.05) is 0 Å². The number of aryl methyl sites for hydroxylation is 1. The van der Waals surface area contributed by atoms with E-state index in [2.05, 4.69) is 10.4 Å². The summed E-state index contributed by atoms with van der Waals surface area (Å²) in [5.74, 6) is -0.337. The molecule has 27 heavy (non-hydrogen) atoms. The van der Waals surface area contributed by atoms with Crippen molar-refractivity contribution in [2.24, 2.45) is 10.4 Å². The quantitative estimate of drug-likeness (QED) is 0.438. The third-order valence-electron chi connectivity index (χ3n) is 4.51. The van der Waals surface area contributed by atoms with Crippen molar-refractivity contribution in [3.63, 3.8) is 0 Å². The van der Waals surface area contributed by atoms with Crippen LogP contribution in [0.1, 0.15) is 29.7 Å². The molecule has 0 saturated heterocycles. The van der Waals surface area contributed by atoms with E-state index in [0.29, 0.717) is 5.56 Å². The lowest BCUT2D eigenvalue weighted by Gasteiger charge is -2.28. The van der Waals surface area contributed by atoms with E-state index in [-0.39, 0.29) is 24.1 Å². The molecular formula is C18H18FN5O3. The molecule has 2 aromatic carbocycles. The lowest BCUT2D eigenvalue weighted by molar-refractivity contribution is -0.385. The molecule has 2 atom stereocenters. The minimum absolute atomic E-state index is 0.0419. The van der Waals surface area contributed by atoms with Gasteiger partial charge in [0.05, 0.1) is 17.5 Å². The van der Waals surface area contributed by atoms with Crippen molar-refractivity contribution < 1.29 is 14.1 Å². The predicted molar refractivity (Wildman–Crippen MR) is 94.7 cm³/mol. The molecule has 0 bridgehead atoms. The SMILES string of the molecule is Cc1cc(CN2N=NN(C(C)c3ccc(F)cc3)C2C=O)ccc1[N+](=O)[O-]. The summed E-state index contributed by atoms with van der Waals surface area (Å²) in [5.41, 5.74) is 2.16. The first-order chi connectivity index (χ1) is 12.9. The number of carbonyl (C=O) groups is 1. The molecule has 0 N–H and O–H groups in total. The minimum Gasteiger partial charge on any atom is -0.299 e. The molecule has 2 aromatic rings. The maximum Gasteiger partial charge on any atom is 0.272 e. The summed E-state index contributed by atoms with van der Waals surface area (Å²) >= 11 is 0. The minimum atomic E-state index is -0.722. The standard InChI is InChI=1S/C18H18FN5O3/c1-12-9-14(3-8-17(12)24(26)27)10-22-18(11-25)23(21-20-22)13(2)15-4-6-16(19)7-5-15/h3-9,11,13,18H,10H2,1-2H3. The lowest BCUT2D eigenvalue weighted by atomic mass is 10.1. The maximum atomic E-state index is 13.1. The molecule has 1 heterocycles. The topological polar surface area (TPSA) is 91.4 Å². The normalized spacial score (nSPS) is 17.2. The third-order valence-corrected chi connectivity index (χ3v) is 4.51. The molecule has 1 aliphatic rings. The largest absolute Gasteiger partial charge is 0.299 e. The smallest absolute Gasteiger partial charge is 0.272 e. The summed E-state index contributed by atoms with van der Waals surface area (Å²) < 4.78 is 13.1. The summed E-state index contributed by atoms with van der Waals surface area (Å²) in [6, 6.07) is 10.5. The van der Waals surface area contributed by atoms with Gasteiger partial charge >= 0.3 is 0 Å². The van der Waals surface area contributed by atoms with Crippen LogP contribution in [0.25, 0.3) is 0 Å². The Morgan fingerprint density at radius 1 is 1.26 bits per heavy atom. The highest BCUT2D eigenvalue weighted by molar-refractivity contribution is 5.57. The average Bonchev–Trinajstić information content (AvgIpc) is 3.04. The number of nitro groups is 1. The first kappa shape index (κ1) is 18.4. The molecule has 140 valence electrons. The van der Waals surface area contributed by atoms with E-state index < -0.39 is 11.1 Å². The van der Waals surface area contributed by atoms with Crippen LogP contribution in [-0.2, 0) is 11.3 Å². The van der Waals surface area contributed by atoms with Crippen LogP contribution in [0.3, 0.4) is 0 Å². The number of nitrogens with zero attached hydrogens (tertiary/aromatic N) is 5. The Balaban J connectivity index is 1.76. The first-order valence-corrected chi connectivity index (χ1v) is 8.32. The second-order valence-electron chi connectivity index (χ2n) is 6.31. The number of aldehydes is 1. The van der Waals surface area contributed by atoms with Gasteiger partial charge in [-0.3, -0.25) is 14.9 Å². The Bertz CT molecular complexity index is 887. The summed E-state index contributed by atoms with van der Waals surface area (Å²) in [4.78, 5) is 22.2. The van der Waals surface area contributed by atoms with Gasteiger partial charge in [-0.1, -0.05) is 28.6 Å². The van der Waals surface area contributed by atoms with Crippen molar-refractivity contribution in [1.29, 1.82) is 0 Å². The van der Waals surface area contributed by atoms with Gasteiger partial charge in [0.2, 0.25) is 0 Å². The third kappa shape index (κ3) is 3.76. The van der Waals surface area contributed by atoms with Gasteiger partial charge in [-0.25, -0.2) is 14.4 Å². The van der Waals surface area contributed by atoms with Crippen LogP contribution in [0.5, 0.6) is 0 Å². The van der Waals surface area contributed by atoms with Gasteiger partial charge in [-0.05, 0) is 43.2 Å². The van der Waals surface area contributed by atoms with Crippen LogP contribution in [-0.4, -0.2) is 27.4 Å². The van der Waals surface area contributed by atoms with Crippen molar-refractivity contribution in [1.82, 2.24) is 10.0 Å². The zero-order valence-electron chi connectivity index (χ0n) is 14.8. The molecule has 0 aromatic heterocycles. The molecular weight excluding hydrogens is 353 g/mol. The van der Waals surface area contributed by atoms with Gasteiger partial charge in [-0.15, -0.1) is 0 Å². The zero-order chi connectivity index (χ0) is 19.6. The number of hydrogen-bond acceptors (Lipinski definition) is 7. The summed E-state index contributed by atoms with van der Waals surface area (Å²) in [7, 11) is 0. The predicted octanol–water partition coefficient (Wildman–Crippen LogP) is 3.73. The van der Waals surface area contributed by atoms with E-state index in [9.17, 15) is 19.3 Å². The fraction of sp³-hybridized carbons (Fsp3) is 0.278. The van der Waals surface area contributed by atoms with Crippen LogP contribution in [0.15, 0.2) is 52.9 Å². The van der Waals surface area contributed by atoms with E-state index in [1.165, 1.54) is 23.2 Å². The second-order valence-corrected chi connectivity index (χ2v) is 6.31. The molecule has 0 spiro atoms. The highest BCUT2D eigenvalue weighted by Gasteiger charge is 2.33. The van der Waals surface area contributed by atoms with Crippen molar-refractivity contribution >= 4 is 12.0 Å². The Morgan fingerprint density at radius 3 is 2.56 bits per heavy atom. The van der Waals surface area contributed by atoms with Crippen LogP contribution in [0.2, 0.25) is 0 Å². The maximum absolute atomic E-state index is 13.1. The monoisotopic (exact) mass is 371 g/mol. The number of rotatable bonds is 6. The van der Waals surface area contributed by atoms with Gasteiger partial charge in [0, 0.05) is 11.6 Å². The average molecular weight is 371 g/mol. The number of hydrogen-bond donors (Lipinski definition) is 0. The molecule has 3 rings (SSSR count). The van der Waals surface area contributed by atoms with Crippen LogP contribution < -0.4 is 0 Å². The van der Waals surface area contributed by atoms with Gasteiger partial charge in [0.1, 0.15) is 5.82 Å². The number of benzene rings is 2. The Kier molecular flexibility index (Phi) is 5.11. The highest BCUT2D eigenvalue weighted by atomic mass is 19.1. The lowest BCUT2D eigenvalue weighted by Crippen LogP contribution is -2.40. The Morgan fingerprint density at radius 2 is 1.96 bits per heavy atom. The van der Waals surface area contributed by atoms with Crippen LogP contribution in [0, 0.1) is 22.9 Å². The fourth-order valence-corrected chi connectivity index (χ4v) is 3.01. The zero-order valence-corrected chi connectivity index (χ0v) is 14.8. The van der Waals surface area contributed by atoms with Crippen LogP contribution in [0.4, 0.5) is 10.1 Å². The van der Waals surface area contributed by atoms with E-state index in [4.69, 9.17) is 0 Å². The molecule has 8 nitrogen and oxygen atoms in total. The van der Waals surface area contributed by atoms with E-state index in [1.54, 1.807) is 36.2 Å². The van der Waals surface area contributed by atoms with Crippen molar-refractivity contribution in [3.05, 3.63) is 75.1 Å². The molecule has 2 unspecified atom stereocenters. The first-order valence-electron chi connectivity index (χ1n) is 8.32. The Labute approximate surface area is 155 Å². The summed E-state index contributed by atoms with van der Waals surface area (Å²) in [5, 5.41) is 22.1. The Hall–Kier alpha value is -3.36. The van der Waals surface area contributed by atoms with Crippen molar-refractivity contribution in [2.45, 2.75) is 32.6 Å². The molecule has 0 fully saturated rings. The number of nitro benzene ring substituents is 1. The summed E-state index contributed by atoms with van der Waals surface area (Å²) in [6.45, 7) is 3.79. The van der Waals surface area contributed by atoms with Crippen LogP contribution >= 0.6 is 0 Å². The van der Waals surface area contributed by atoms with Gasteiger partial charge in [0.25, 0.3) is 5.69 Å². The molecule has 0 radical (unpaired) electrons. The molecule has 0 aliphatic carbocycles. The molecule has 0 amide bonds. The van der Waals surface area contributed by atoms with Gasteiger partial charge in [0.15, 0.2) is 12.5 Å². The van der Waals surface area contributed by atoms with E-state index in [1.807, 2.05) is 6.92 Å². The van der Waals surface area contributed by atoms with Gasteiger partial charge in [-0.2, -0.15) is 0 Å². The van der Waals surface area contributed by atoms with E-state index >= 15 is 0 Å². The van der Waals surface area contributed by atoms with Gasteiger partial charge < -0.3 is 0 Å². The fourth-order valence-electron chi connectivity index (χ4n) is 3.01. The molecule has 1 aliphatic heterocycles. The summed E-state index contributed by atoms with van der Waals surface area (Å²) in [6.07, 6.45) is 0.0127.